The first-order valence-electron chi connectivity index (χ1n) is 7.01. The molecule has 0 bridgehead atoms. The highest BCUT2D eigenvalue weighted by Crippen LogP contribution is 2.17. The van der Waals surface area contributed by atoms with Crippen LogP contribution in [0.25, 0.3) is 11.0 Å². The Balaban J connectivity index is 1.74. The molecule has 0 aliphatic rings. The minimum Gasteiger partial charge on any atom is -0.340 e. The summed E-state index contributed by atoms with van der Waals surface area (Å²) in [5, 5.41) is 8.01. The molecule has 1 aromatic heterocycles. The highest BCUT2D eigenvalue weighted by Gasteiger charge is 2.15. The molecule has 0 aliphatic heterocycles. The summed E-state index contributed by atoms with van der Waals surface area (Å²) in [5.41, 5.74) is 1.99. The predicted molar refractivity (Wildman–Crippen MR) is 88.1 cm³/mol. The van der Waals surface area contributed by atoms with Crippen LogP contribution in [0.2, 0.25) is 0 Å². The molecule has 118 valence electrons. The van der Waals surface area contributed by atoms with E-state index in [4.69, 9.17) is 0 Å². The van der Waals surface area contributed by atoms with E-state index in [-0.39, 0.29) is 24.8 Å². The smallest absolute Gasteiger partial charge is 0.244 e. The molecule has 23 heavy (non-hydrogen) atoms. The molecular weight excluding hydrogens is 363 g/mol. The van der Waals surface area contributed by atoms with E-state index >= 15 is 0 Å². The molecule has 0 fully saturated rings. The summed E-state index contributed by atoms with van der Waals surface area (Å²) in [5.74, 6) is -0.501. The zero-order valence-corrected chi connectivity index (χ0v) is 14.0. The second-order valence-electron chi connectivity index (χ2n) is 5.22. The number of fused-ring (bicyclic) bond motifs is 1. The van der Waals surface area contributed by atoms with E-state index < -0.39 is 0 Å². The van der Waals surface area contributed by atoms with Crippen LogP contribution in [0.15, 0.2) is 46.9 Å². The Hall–Kier alpha value is -2.28. The summed E-state index contributed by atoms with van der Waals surface area (Å²) in [6.45, 7) is 0.253. The largest absolute Gasteiger partial charge is 0.340 e. The van der Waals surface area contributed by atoms with E-state index in [1.807, 2.05) is 24.3 Å². The maximum absolute atomic E-state index is 13.8. The first-order chi connectivity index (χ1) is 11.0. The molecule has 0 aliphatic carbocycles. The molecule has 0 saturated heterocycles. The van der Waals surface area contributed by atoms with Gasteiger partial charge in [-0.1, -0.05) is 33.3 Å². The molecule has 3 rings (SSSR count). The molecule has 0 unspecified atom stereocenters. The summed E-state index contributed by atoms with van der Waals surface area (Å²) in [7, 11) is 1.64. The summed E-state index contributed by atoms with van der Waals surface area (Å²) < 4.78 is 16.1. The number of benzene rings is 2. The number of likely N-dealkylation sites (N-methyl/N-ethyl adjacent to an activating group) is 1. The third kappa shape index (κ3) is 3.39. The SMILES string of the molecule is CN(Cc1cc(Br)ccc1F)C(=O)Cn1nnc2ccccc21. The Bertz CT molecular complexity index is 864. The number of aromatic nitrogens is 3. The second kappa shape index (κ2) is 6.45. The lowest BCUT2D eigenvalue weighted by Gasteiger charge is -2.18. The highest BCUT2D eigenvalue weighted by molar-refractivity contribution is 9.10. The summed E-state index contributed by atoms with van der Waals surface area (Å²) >= 11 is 3.31. The highest BCUT2D eigenvalue weighted by atomic mass is 79.9. The lowest BCUT2D eigenvalue weighted by molar-refractivity contribution is -0.131. The number of rotatable bonds is 4. The molecule has 3 aromatic rings. The number of para-hydroxylation sites is 1. The number of halogens is 2. The van der Waals surface area contributed by atoms with E-state index in [0.717, 1.165) is 15.5 Å². The lowest BCUT2D eigenvalue weighted by Crippen LogP contribution is -2.30. The molecule has 0 saturated carbocycles. The summed E-state index contributed by atoms with van der Waals surface area (Å²) in [6, 6.07) is 12.1. The minimum atomic E-state index is -0.334. The number of carbonyl (C=O) groups excluding carboxylic acids is 1. The van der Waals surface area contributed by atoms with E-state index in [2.05, 4.69) is 26.2 Å². The van der Waals surface area contributed by atoms with Crippen LogP contribution in [0, 0.1) is 5.82 Å². The van der Waals surface area contributed by atoms with Gasteiger partial charge < -0.3 is 4.90 Å². The van der Waals surface area contributed by atoms with Crippen LogP contribution in [-0.4, -0.2) is 32.8 Å². The van der Waals surface area contributed by atoms with Gasteiger partial charge in [0.1, 0.15) is 17.9 Å². The van der Waals surface area contributed by atoms with E-state index in [1.165, 1.54) is 11.0 Å². The molecule has 0 atom stereocenters. The number of amides is 1. The number of hydrogen-bond donors (Lipinski definition) is 0. The van der Waals surface area contributed by atoms with Crippen molar-refractivity contribution >= 4 is 32.9 Å². The fourth-order valence-electron chi connectivity index (χ4n) is 2.29. The van der Waals surface area contributed by atoms with Crippen LogP contribution in [0.5, 0.6) is 0 Å². The molecule has 1 amide bonds. The molecule has 0 N–H and O–H groups in total. The Morgan fingerprint density at radius 1 is 1.30 bits per heavy atom. The minimum absolute atomic E-state index is 0.0621. The molecular formula is C16H14BrFN4O. The summed E-state index contributed by atoms with van der Waals surface area (Å²) in [6.07, 6.45) is 0. The molecule has 0 spiro atoms. The number of carbonyl (C=O) groups is 1. The Morgan fingerprint density at radius 2 is 2.09 bits per heavy atom. The Labute approximate surface area is 140 Å². The molecule has 0 radical (unpaired) electrons. The van der Waals surface area contributed by atoms with Crippen LogP contribution >= 0.6 is 15.9 Å². The predicted octanol–water partition coefficient (Wildman–Crippen LogP) is 2.99. The molecule has 7 heteroatoms. The quantitative estimate of drug-likeness (QED) is 0.703. The topological polar surface area (TPSA) is 51.0 Å². The fraction of sp³-hybridized carbons (Fsp3) is 0.188. The van der Waals surface area contributed by atoms with Gasteiger partial charge >= 0.3 is 0 Å². The summed E-state index contributed by atoms with van der Waals surface area (Å²) in [4.78, 5) is 13.8. The number of hydrogen-bond acceptors (Lipinski definition) is 3. The van der Waals surface area contributed by atoms with Gasteiger partial charge in [-0.25, -0.2) is 9.07 Å². The van der Waals surface area contributed by atoms with Crippen molar-refractivity contribution in [3.8, 4) is 0 Å². The third-order valence-corrected chi connectivity index (χ3v) is 4.04. The van der Waals surface area contributed by atoms with E-state index in [9.17, 15) is 9.18 Å². The first kappa shape index (κ1) is 15.6. The van der Waals surface area contributed by atoms with Gasteiger partial charge in [0.15, 0.2) is 0 Å². The van der Waals surface area contributed by atoms with E-state index in [0.29, 0.717) is 5.56 Å². The average molecular weight is 377 g/mol. The van der Waals surface area contributed by atoms with Crippen LogP contribution in [0.1, 0.15) is 5.56 Å². The van der Waals surface area contributed by atoms with Crippen molar-refractivity contribution in [2.45, 2.75) is 13.1 Å². The zero-order chi connectivity index (χ0) is 16.4. The van der Waals surface area contributed by atoms with Gasteiger partial charge in [-0.2, -0.15) is 0 Å². The van der Waals surface area contributed by atoms with Gasteiger partial charge in [-0.3, -0.25) is 4.79 Å². The van der Waals surface area contributed by atoms with Crippen molar-refractivity contribution in [1.82, 2.24) is 19.9 Å². The fourth-order valence-corrected chi connectivity index (χ4v) is 2.70. The van der Waals surface area contributed by atoms with Gasteiger partial charge in [-0.15, -0.1) is 5.10 Å². The van der Waals surface area contributed by atoms with E-state index in [1.54, 1.807) is 23.9 Å². The normalized spacial score (nSPS) is 10.9. The Kier molecular flexibility index (Phi) is 4.38. The van der Waals surface area contributed by atoms with Crippen LogP contribution in [0.3, 0.4) is 0 Å². The van der Waals surface area contributed by atoms with Gasteiger partial charge in [-0.05, 0) is 30.3 Å². The first-order valence-corrected chi connectivity index (χ1v) is 7.80. The van der Waals surface area contributed by atoms with Crippen LogP contribution < -0.4 is 0 Å². The van der Waals surface area contributed by atoms with Crippen molar-refractivity contribution in [1.29, 1.82) is 0 Å². The lowest BCUT2D eigenvalue weighted by atomic mass is 10.2. The van der Waals surface area contributed by atoms with Crippen LogP contribution in [0.4, 0.5) is 4.39 Å². The van der Waals surface area contributed by atoms with Gasteiger partial charge in [0.25, 0.3) is 0 Å². The third-order valence-electron chi connectivity index (χ3n) is 3.55. The van der Waals surface area contributed by atoms with Crippen molar-refractivity contribution in [3.05, 3.63) is 58.3 Å². The van der Waals surface area contributed by atoms with Crippen molar-refractivity contribution in [3.63, 3.8) is 0 Å². The maximum Gasteiger partial charge on any atom is 0.244 e. The van der Waals surface area contributed by atoms with Gasteiger partial charge in [0.2, 0.25) is 5.91 Å². The van der Waals surface area contributed by atoms with Gasteiger partial charge in [0, 0.05) is 23.6 Å². The number of nitrogens with zero attached hydrogens (tertiary/aromatic N) is 4. The average Bonchev–Trinajstić information content (AvgIpc) is 2.94. The van der Waals surface area contributed by atoms with Gasteiger partial charge in [0.05, 0.1) is 5.52 Å². The molecule has 2 aromatic carbocycles. The van der Waals surface area contributed by atoms with Crippen molar-refractivity contribution in [2.24, 2.45) is 0 Å². The molecule has 5 nitrogen and oxygen atoms in total. The maximum atomic E-state index is 13.8. The standard InChI is InChI=1S/C16H14BrFN4O/c1-21(9-11-8-12(17)6-7-13(11)18)16(23)10-22-15-5-3-2-4-14(15)19-20-22/h2-8H,9-10H2,1H3. The Morgan fingerprint density at radius 3 is 2.91 bits per heavy atom. The second-order valence-corrected chi connectivity index (χ2v) is 6.14. The zero-order valence-electron chi connectivity index (χ0n) is 12.4. The molecule has 1 heterocycles. The van der Waals surface area contributed by atoms with Crippen molar-refractivity contribution in [2.75, 3.05) is 7.05 Å². The monoisotopic (exact) mass is 376 g/mol. The van der Waals surface area contributed by atoms with Crippen LogP contribution in [-0.2, 0) is 17.9 Å². The van der Waals surface area contributed by atoms with Crippen molar-refractivity contribution < 1.29 is 9.18 Å².